The minimum absolute atomic E-state index is 0.232. The summed E-state index contributed by atoms with van der Waals surface area (Å²) in [4.78, 5) is 0. The minimum atomic E-state index is -1.09. The molecule has 0 fully saturated rings. The minimum Gasteiger partial charge on any atom is -0.393 e. The van der Waals surface area contributed by atoms with Crippen LogP contribution in [0.2, 0.25) is 0 Å². The molecule has 1 unspecified atom stereocenters. The molecule has 1 aliphatic rings. The van der Waals surface area contributed by atoms with Crippen molar-refractivity contribution in [1.29, 1.82) is 0 Å². The van der Waals surface area contributed by atoms with E-state index in [1.807, 2.05) is 0 Å². The largest absolute Gasteiger partial charge is 0.393 e. The summed E-state index contributed by atoms with van der Waals surface area (Å²) in [5, 5.41) is 19.2. The highest BCUT2D eigenvalue weighted by atomic mass is 16.3. The second kappa shape index (κ2) is 15.7. The van der Waals surface area contributed by atoms with Gasteiger partial charge in [0, 0.05) is 0 Å². The Kier molecular flexibility index (Phi) is 14.0. The molecule has 0 aromatic rings. The van der Waals surface area contributed by atoms with Gasteiger partial charge in [-0.1, -0.05) is 94.7 Å². The van der Waals surface area contributed by atoms with Gasteiger partial charge in [0.1, 0.15) is 5.60 Å². The van der Waals surface area contributed by atoms with Crippen molar-refractivity contribution in [2.45, 2.75) is 96.0 Å². The second-order valence-electron chi connectivity index (χ2n) is 8.93. The van der Waals surface area contributed by atoms with Gasteiger partial charge in [0.25, 0.3) is 0 Å². The van der Waals surface area contributed by atoms with Crippen molar-refractivity contribution in [1.82, 2.24) is 0 Å². The van der Waals surface area contributed by atoms with E-state index in [0.717, 1.165) is 25.2 Å². The molecule has 1 rings (SSSR count). The maximum absolute atomic E-state index is 10.0. The van der Waals surface area contributed by atoms with Crippen LogP contribution in [-0.4, -0.2) is 22.4 Å². The molecular weight excluding hydrogens is 356 g/mol. The summed E-state index contributed by atoms with van der Waals surface area (Å²) in [6.07, 6.45) is 28.5. The third-order valence-electron chi connectivity index (χ3n) is 6.49. The van der Waals surface area contributed by atoms with Crippen LogP contribution < -0.4 is 0 Å². The number of allylic oxidation sites excluding steroid dienone is 5. The molecule has 29 heavy (non-hydrogen) atoms. The zero-order valence-corrected chi connectivity index (χ0v) is 18.9. The number of aliphatic hydroxyl groups excluding tert-OH is 1. The van der Waals surface area contributed by atoms with E-state index in [1.54, 1.807) is 0 Å². The summed E-state index contributed by atoms with van der Waals surface area (Å²) >= 11 is 0. The summed E-state index contributed by atoms with van der Waals surface area (Å²) in [5.74, 6) is 1.97. The highest BCUT2D eigenvalue weighted by Crippen LogP contribution is 2.31. The number of hydrogen-bond donors (Lipinski definition) is 2. The molecule has 0 aromatic carbocycles. The summed E-state index contributed by atoms with van der Waals surface area (Å²) in [5.41, 5.74) is -1.09. The average Bonchev–Trinajstić information content (AvgIpc) is 3.19. The Labute approximate surface area is 180 Å². The van der Waals surface area contributed by atoms with Crippen molar-refractivity contribution < 1.29 is 10.2 Å². The van der Waals surface area contributed by atoms with Crippen molar-refractivity contribution in [3.63, 3.8) is 0 Å². The summed E-state index contributed by atoms with van der Waals surface area (Å²) in [6.45, 7) is 9.68. The molecule has 0 spiro atoms. The van der Waals surface area contributed by atoms with E-state index in [4.69, 9.17) is 0 Å². The smallest absolute Gasteiger partial charge is 0.105 e. The van der Waals surface area contributed by atoms with Gasteiger partial charge in [-0.15, -0.1) is 13.2 Å². The lowest BCUT2D eigenvalue weighted by molar-refractivity contribution is 0.0186. The molecule has 0 bridgehead atoms. The van der Waals surface area contributed by atoms with Gasteiger partial charge in [0.15, 0.2) is 0 Å². The van der Waals surface area contributed by atoms with E-state index >= 15 is 0 Å². The quantitative estimate of drug-likeness (QED) is 0.189. The molecule has 0 radical (unpaired) electrons. The van der Waals surface area contributed by atoms with E-state index in [-0.39, 0.29) is 6.61 Å². The lowest BCUT2D eigenvalue weighted by atomic mass is 9.88. The summed E-state index contributed by atoms with van der Waals surface area (Å²) < 4.78 is 0. The van der Waals surface area contributed by atoms with Gasteiger partial charge in [0.2, 0.25) is 0 Å². The Morgan fingerprint density at radius 1 is 1.10 bits per heavy atom. The molecule has 0 amide bonds. The van der Waals surface area contributed by atoms with Gasteiger partial charge >= 0.3 is 0 Å². The van der Waals surface area contributed by atoms with E-state index in [2.05, 4.69) is 50.5 Å². The molecule has 2 nitrogen and oxygen atoms in total. The standard InChI is InChI=1S/C27H46O2/c1-4-7-8-11-16-24(5-2)17-14-19-26-21-15-20-25(26)18-12-9-10-13-22-27(29,6-3)23-28/h5-6,14-15,19,21,24-26,28-29H,2-4,7-13,16-18,20,22-23H2,1H3/t24-,25-,26-,27?/m0/s1. The molecular formula is C27H46O2. The van der Waals surface area contributed by atoms with Gasteiger partial charge in [-0.3, -0.25) is 0 Å². The first kappa shape index (κ1) is 25.9. The van der Waals surface area contributed by atoms with Crippen LogP contribution in [0.25, 0.3) is 0 Å². The van der Waals surface area contributed by atoms with Crippen LogP contribution in [0.3, 0.4) is 0 Å². The Balaban J connectivity index is 2.22. The van der Waals surface area contributed by atoms with Gasteiger partial charge in [-0.05, 0) is 49.9 Å². The van der Waals surface area contributed by atoms with E-state index in [9.17, 15) is 10.2 Å². The van der Waals surface area contributed by atoms with Crippen LogP contribution in [0, 0.1) is 17.8 Å². The maximum atomic E-state index is 10.0. The molecule has 2 heteroatoms. The Morgan fingerprint density at radius 2 is 1.86 bits per heavy atom. The fourth-order valence-corrected chi connectivity index (χ4v) is 4.27. The van der Waals surface area contributed by atoms with E-state index < -0.39 is 5.60 Å². The molecule has 0 heterocycles. The second-order valence-corrected chi connectivity index (χ2v) is 8.93. The number of aliphatic hydroxyl groups is 2. The summed E-state index contributed by atoms with van der Waals surface area (Å²) in [6, 6.07) is 0. The fraction of sp³-hybridized carbons (Fsp3) is 0.704. The molecule has 0 saturated carbocycles. The zero-order chi connectivity index (χ0) is 21.4. The van der Waals surface area contributed by atoms with Crippen LogP contribution in [-0.2, 0) is 0 Å². The maximum Gasteiger partial charge on any atom is 0.105 e. The number of unbranched alkanes of at least 4 members (excludes halogenated alkanes) is 6. The molecule has 4 atom stereocenters. The number of hydrogen-bond acceptors (Lipinski definition) is 2. The van der Waals surface area contributed by atoms with Crippen molar-refractivity contribution in [3.05, 3.63) is 49.6 Å². The molecule has 0 aromatic heterocycles. The third kappa shape index (κ3) is 11.0. The molecule has 2 N–H and O–H groups in total. The van der Waals surface area contributed by atoms with Crippen molar-refractivity contribution in [2.75, 3.05) is 6.61 Å². The SMILES string of the molecule is C=C[C@H](CC=C[C@H]1C=CC[C@@H]1CCCCCCC(O)(C=C)CO)CCCCCC. The Morgan fingerprint density at radius 3 is 2.55 bits per heavy atom. The van der Waals surface area contributed by atoms with Crippen LogP contribution in [0.5, 0.6) is 0 Å². The third-order valence-corrected chi connectivity index (χ3v) is 6.49. The lowest BCUT2D eigenvalue weighted by Crippen LogP contribution is -2.30. The molecule has 0 aliphatic heterocycles. The van der Waals surface area contributed by atoms with Crippen molar-refractivity contribution in [2.24, 2.45) is 17.8 Å². The zero-order valence-electron chi connectivity index (χ0n) is 18.9. The Bertz CT molecular complexity index is 493. The highest BCUT2D eigenvalue weighted by molar-refractivity contribution is 5.10. The number of rotatable bonds is 18. The van der Waals surface area contributed by atoms with Crippen LogP contribution in [0.15, 0.2) is 49.6 Å². The van der Waals surface area contributed by atoms with Crippen LogP contribution in [0.1, 0.15) is 90.4 Å². The first-order chi connectivity index (χ1) is 14.1. The molecule has 0 saturated heterocycles. The predicted octanol–water partition coefficient (Wildman–Crippen LogP) is 7.15. The van der Waals surface area contributed by atoms with Gasteiger partial charge < -0.3 is 10.2 Å². The van der Waals surface area contributed by atoms with Gasteiger partial charge in [0.05, 0.1) is 6.61 Å². The normalized spacial score (nSPS) is 22.0. The predicted molar refractivity (Wildman–Crippen MR) is 127 cm³/mol. The van der Waals surface area contributed by atoms with Crippen molar-refractivity contribution in [3.8, 4) is 0 Å². The monoisotopic (exact) mass is 402 g/mol. The average molecular weight is 403 g/mol. The van der Waals surface area contributed by atoms with E-state index in [1.165, 1.54) is 63.9 Å². The van der Waals surface area contributed by atoms with Crippen molar-refractivity contribution >= 4 is 0 Å². The van der Waals surface area contributed by atoms with Gasteiger partial charge in [-0.25, -0.2) is 0 Å². The van der Waals surface area contributed by atoms with Crippen LogP contribution >= 0.6 is 0 Å². The molecule has 166 valence electrons. The van der Waals surface area contributed by atoms with Gasteiger partial charge in [-0.2, -0.15) is 0 Å². The topological polar surface area (TPSA) is 40.5 Å². The fourth-order valence-electron chi connectivity index (χ4n) is 4.27. The molecule has 1 aliphatic carbocycles. The van der Waals surface area contributed by atoms with Crippen LogP contribution in [0.4, 0.5) is 0 Å². The lowest BCUT2D eigenvalue weighted by Gasteiger charge is -2.21. The Hall–Kier alpha value is -1.12. The van der Waals surface area contributed by atoms with E-state index in [0.29, 0.717) is 18.3 Å². The first-order valence-corrected chi connectivity index (χ1v) is 12.0. The summed E-state index contributed by atoms with van der Waals surface area (Å²) in [7, 11) is 0. The highest BCUT2D eigenvalue weighted by Gasteiger charge is 2.21. The first-order valence-electron chi connectivity index (χ1n) is 12.0.